The van der Waals surface area contributed by atoms with Crippen LogP contribution >= 0.6 is 0 Å². The molecule has 4 aliphatic rings. The van der Waals surface area contributed by atoms with Gasteiger partial charge in [-0.05, 0) is 46.7 Å². The molecule has 1 unspecified atom stereocenters. The topological polar surface area (TPSA) is 58.6 Å². The predicted molar refractivity (Wildman–Crippen MR) is 122 cm³/mol. The third-order valence-corrected chi connectivity index (χ3v) is 7.09. The molecule has 1 aliphatic heterocycles. The van der Waals surface area contributed by atoms with E-state index in [-0.39, 0.29) is 25.0 Å². The molecular weight excluding hydrogens is 400 g/mol. The van der Waals surface area contributed by atoms with Crippen molar-refractivity contribution in [2.75, 3.05) is 24.6 Å². The van der Waals surface area contributed by atoms with Gasteiger partial charge in [0.05, 0.1) is 5.69 Å². The number of fused-ring (bicyclic) bond motifs is 2. The van der Waals surface area contributed by atoms with Gasteiger partial charge in [-0.25, -0.2) is 0 Å². The lowest BCUT2D eigenvalue weighted by molar-refractivity contribution is -0.125. The predicted octanol–water partition coefficient (Wildman–Crippen LogP) is 3.83. The van der Waals surface area contributed by atoms with Crippen LogP contribution in [0.3, 0.4) is 0 Å². The molecule has 3 aromatic carbocycles. The van der Waals surface area contributed by atoms with Crippen LogP contribution in [-0.4, -0.2) is 31.5 Å². The van der Waals surface area contributed by atoms with Crippen LogP contribution in [0.25, 0.3) is 0 Å². The summed E-state index contributed by atoms with van der Waals surface area (Å²) in [5, 5.41) is 3.12. The number of rotatable bonds is 4. The van der Waals surface area contributed by atoms with Gasteiger partial charge in [0.15, 0.2) is 6.61 Å². The molecule has 5 heteroatoms. The molecule has 0 radical (unpaired) electrons. The summed E-state index contributed by atoms with van der Waals surface area (Å²) >= 11 is 0. The zero-order chi connectivity index (χ0) is 21.7. The Balaban J connectivity index is 1.20. The second-order valence-electron chi connectivity index (χ2n) is 8.82. The third kappa shape index (κ3) is 3.00. The number of anilines is 1. The lowest BCUT2D eigenvalue weighted by atomic mass is 9.59. The van der Waals surface area contributed by atoms with E-state index in [1.807, 2.05) is 24.3 Å². The van der Waals surface area contributed by atoms with Gasteiger partial charge in [-0.2, -0.15) is 0 Å². The number of nitrogens with zero attached hydrogens (tertiary/aromatic N) is 1. The molecule has 2 amide bonds. The van der Waals surface area contributed by atoms with Crippen molar-refractivity contribution >= 4 is 17.5 Å². The van der Waals surface area contributed by atoms with E-state index in [2.05, 4.69) is 53.8 Å². The second-order valence-corrected chi connectivity index (χ2v) is 8.82. The maximum atomic E-state index is 12.9. The Kier molecular flexibility index (Phi) is 4.49. The number of para-hydroxylation sites is 2. The quantitative estimate of drug-likeness (QED) is 0.693. The first-order valence-electron chi connectivity index (χ1n) is 11.2. The zero-order valence-electron chi connectivity index (χ0n) is 17.7. The summed E-state index contributed by atoms with van der Waals surface area (Å²) < 4.78 is 5.48. The number of carbonyl (C=O) groups is 2. The van der Waals surface area contributed by atoms with E-state index in [1.165, 1.54) is 27.2 Å². The molecule has 32 heavy (non-hydrogen) atoms. The Morgan fingerprint density at radius 1 is 0.906 bits per heavy atom. The molecule has 3 aliphatic carbocycles. The smallest absolute Gasteiger partial charge is 0.265 e. The number of carbonyl (C=O) groups excluding carboxylic acids is 2. The molecular formula is C27H24N2O3. The zero-order valence-corrected chi connectivity index (χ0v) is 17.7. The molecule has 160 valence electrons. The summed E-state index contributed by atoms with van der Waals surface area (Å²) in [7, 11) is 0. The molecule has 0 spiro atoms. The first-order valence-corrected chi connectivity index (χ1v) is 11.2. The summed E-state index contributed by atoms with van der Waals surface area (Å²) in [4.78, 5) is 26.8. The normalized spacial score (nSPS) is 22.4. The van der Waals surface area contributed by atoms with Crippen molar-refractivity contribution in [2.45, 2.75) is 18.3 Å². The number of ether oxygens (including phenoxy) is 1. The maximum Gasteiger partial charge on any atom is 0.265 e. The fourth-order valence-corrected chi connectivity index (χ4v) is 5.73. The Morgan fingerprint density at radius 3 is 2.25 bits per heavy atom. The van der Waals surface area contributed by atoms with Gasteiger partial charge in [-0.3, -0.25) is 14.5 Å². The average Bonchev–Trinajstić information content (AvgIpc) is 2.84. The number of hydrogen-bond acceptors (Lipinski definition) is 3. The molecule has 0 saturated heterocycles. The first kappa shape index (κ1) is 19.1. The van der Waals surface area contributed by atoms with E-state index < -0.39 is 0 Å². The van der Waals surface area contributed by atoms with Gasteiger partial charge in [-0.15, -0.1) is 0 Å². The first-order chi connectivity index (χ1) is 15.7. The molecule has 1 N–H and O–H groups in total. The van der Waals surface area contributed by atoms with Crippen LogP contribution in [-0.2, 0) is 9.59 Å². The highest BCUT2D eigenvalue weighted by molar-refractivity contribution is 6.02. The van der Waals surface area contributed by atoms with Crippen LogP contribution in [0.4, 0.5) is 5.69 Å². The largest absolute Gasteiger partial charge is 0.482 e. The second kappa shape index (κ2) is 7.52. The fraction of sp³-hybridized carbons (Fsp3) is 0.259. The van der Waals surface area contributed by atoms with Crippen molar-refractivity contribution in [3.05, 3.63) is 95.1 Å². The van der Waals surface area contributed by atoms with Gasteiger partial charge in [0.2, 0.25) is 5.91 Å². The SMILES string of the molecule is O=C(CN1C(=O)COc2ccccc21)NCC1CC2c3ccccc3C1c1ccccc12. The van der Waals surface area contributed by atoms with Crippen molar-refractivity contribution in [1.82, 2.24) is 5.32 Å². The van der Waals surface area contributed by atoms with Gasteiger partial charge in [0.1, 0.15) is 12.3 Å². The summed E-state index contributed by atoms with van der Waals surface area (Å²) in [6.07, 6.45) is 1.03. The highest BCUT2D eigenvalue weighted by Gasteiger charge is 2.43. The van der Waals surface area contributed by atoms with E-state index >= 15 is 0 Å². The van der Waals surface area contributed by atoms with E-state index in [0.29, 0.717) is 35.7 Å². The van der Waals surface area contributed by atoms with Crippen molar-refractivity contribution in [3.63, 3.8) is 0 Å². The molecule has 0 saturated carbocycles. The lowest BCUT2D eigenvalue weighted by Gasteiger charge is -2.45. The minimum atomic E-state index is -0.196. The van der Waals surface area contributed by atoms with Crippen LogP contribution in [0.5, 0.6) is 5.75 Å². The molecule has 0 aromatic heterocycles. The summed E-state index contributed by atoms with van der Waals surface area (Å²) in [6, 6.07) is 24.8. The van der Waals surface area contributed by atoms with E-state index in [9.17, 15) is 9.59 Å². The Bertz CT molecular complexity index is 1170. The molecule has 5 nitrogen and oxygen atoms in total. The van der Waals surface area contributed by atoms with Crippen molar-refractivity contribution < 1.29 is 14.3 Å². The van der Waals surface area contributed by atoms with Crippen molar-refractivity contribution in [1.29, 1.82) is 0 Å². The minimum Gasteiger partial charge on any atom is -0.482 e. The average molecular weight is 425 g/mol. The summed E-state index contributed by atoms with van der Waals surface area (Å²) in [5.41, 5.74) is 6.28. The van der Waals surface area contributed by atoms with E-state index in [1.54, 1.807) is 0 Å². The van der Waals surface area contributed by atoms with Gasteiger partial charge < -0.3 is 10.1 Å². The van der Waals surface area contributed by atoms with Gasteiger partial charge >= 0.3 is 0 Å². The summed E-state index contributed by atoms with van der Waals surface area (Å²) in [5.74, 6) is 1.30. The third-order valence-electron chi connectivity index (χ3n) is 7.09. The van der Waals surface area contributed by atoms with E-state index in [0.717, 1.165) is 6.42 Å². The number of nitrogens with one attached hydrogen (secondary N) is 1. The van der Waals surface area contributed by atoms with Gasteiger partial charge in [0.25, 0.3) is 5.91 Å². The van der Waals surface area contributed by atoms with Crippen LogP contribution < -0.4 is 15.0 Å². The van der Waals surface area contributed by atoms with Crippen molar-refractivity contribution in [3.8, 4) is 5.75 Å². The van der Waals surface area contributed by atoms with Crippen LogP contribution in [0.2, 0.25) is 0 Å². The highest BCUT2D eigenvalue weighted by atomic mass is 16.5. The maximum absolute atomic E-state index is 12.9. The Hall–Kier alpha value is -3.60. The molecule has 7 rings (SSSR count). The molecule has 1 heterocycles. The van der Waals surface area contributed by atoms with Gasteiger partial charge in [0, 0.05) is 18.4 Å². The van der Waals surface area contributed by atoms with Crippen molar-refractivity contribution in [2.24, 2.45) is 5.92 Å². The molecule has 3 aromatic rings. The fourth-order valence-electron chi connectivity index (χ4n) is 5.73. The van der Waals surface area contributed by atoms with E-state index in [4.69, 9.17) is 4.74 Å². The van der Waals surface area contributed by atoms with Crippen LogP contribution in [0, 0.1) is 5.92 Å². The molecule has 1 atom stereocenters. The number of hydrogen-bond donors (Lipinski definition) is 1. The number of amides is 2. The van der Waals surface area contributed by atoms with Crippen LogP contribution in [0.15, 0.2) is 72.8 Å². The minimum absolute atomic E-state index is 0.00714. The summed E-state index contributed by atoms with van der Waals surface area (Å²) in [6.45, 7) is 0.570. The Labute approximate surface area is 187 Å². The molecule has 2 bridgehead atoms. The van der Waals surface area contributed by atoms with Crippen LogP contribution in [0.1, 0.15) is 40.5 Å². The highest BCUT2D eigenvalue weighted by Crippen LogP contribution is 2.55. The monoisotopic (exact) mass is 424 g/mol. The molecule has 0 fully saturated rings. The lowest BCUT2D eigenvalue weighted by Crippen LogP contribution is -2.47. The van der Waals surface area contributed by atoms with Gasteiger partial charge in [-0.1, -0.05) is 60.7 Å². The number of benzene rings is 3. The standard InChI is InChI=1S/C27H24N2O3/c30-25(15-29-23-11-5-6-12-24(23)32-16-26(29)31)28-14-17-13-22-18-7-1-3-9-20(18)27(17)21-10-4-2-8-19(21)22/h1-12,17,22,27H,13-16H2,(H,28,30). The Morgan fingerprint density at radius 2 is 1.53 bits per heavy atom.